The Hall–Kier alpha value is -1.07. The lowest BCUT2D eigenvalue weighted by molar-refractivity contribution is 0.492. The van der Waals surface area contributed by atoms with Crippen LogP contribution in [0.25, 0.3) is 0 Å². The maximum absolute atomic E-state index is 12.6. The first-order chi connectivity index (χ1) is 5.82. The molecule has 0 unspecified atom stereocenters. The van der Waals surface area contributed by atoms with Gasteiger partial charge in [0.05, 0.1) is 5.82 Å². The molecule has 0 radical (unpaired) electrons. The second-order valence-corrected chi connectivity index (χ2v) is 2.70. The first-order valence-corrected chi connectivity index (χ1v) is 3.48. The summed E-state index contributed by atoms with van der Waals surface area (Å²) in [6.45, 7) is -4.25. The van der Waals surface area contributed by atoms with Gasteiger partial charge in [-0.1, -0.05) is 11.5 Å². The average Bonchev–Trinajstić information content (AvgIpc) is 1.94. The van der Waals surface area contributed by atoms with Gasteiger partial charge in [-0.2, -0.15) is 0 Å². The second-order valence-electron chi connectivity index (χ2n) is 2.70. The molecule has 0 bridgehead atoms. The fraction of sp³-hybridized carbons (Fsp3) is 0.143. The van der Waals surface area contributed by atoms with Crippen molar-refractivity contribution in [3.05, 3.63) is 29.3 Å². The van der Waals surface area contributed by atoms with Crippen molar-refractivity contribution < 1.29 is 21.7 Å². The van der Waals surface area contributed by atoms with Crippen molar-refractivity contribution in [1.82, 2.24) is 0 Å². The van der Waals surface area contributed by atoms with Gasteiger partial charge in [0.25, 0.3) is 0 Å². The third-order valence-electron chi connectivity index (χ3n) is 1.63. The van der Waals surface area contributed by atoms with Gasteiger partial charge >= 0.3 is 6.98 Å². The molecule has 0 heterocycles. The van der Waals surface area contributed by atoms with Crippen LogP contribution in [0, 0.1) is 18.6 Å². The molecule has 0 aromatic heterocycles. The van der Waals surface area contributed by atoms with Crippen molar-refractivity contribution >= 4 is 12.4 Å². The number of hydrogen-bond acceptors (Lipinski definition) is 0. The highest BCUT2D eigenvalue weighted by molar-refractivity contribution is 6.73. The normalized spacial score (nSPS) is 11.8. The Labute approximate surface area is 71.4 Å². The van der Waals surface area contributed by atoms with Crippen LogP contribution < -0.4 is 5.46 Å². The van der Waals surface area contributed by atoms with Gasteiger partial charge in [-0.25, -0.2) is 8.78 Å². The number of benzene rings is 1. The molecule has 1 aromatic rings. The van der Waals surface area contributed by atoms with E-state index in [1.807, 2.05) is 0 Å². The maximum Gasteiger partial charge on any atom is 0.512 e. The molecule has 0 aliphatic heterocycles. The van der Waals surface area contributed by atoms with Gasteiger partial charge in [0, 0.05) is 6.07 Å². The van der Waals surface area contributed by atoms with Crippen molar-refractivity contribution in [2.75, 3.05) is 0 Å². The van der Waals surface area contributed by atoms with E-state index in [4.69, 9.17) is 0 Å². The number of rotatable bonds is 1. The summed E-state index contributed by atoms with van der Waals surface area (Å²) in [5.41, 5.74) is -1.59. The highest BCUT2D eigenvalue weighted by atomic mass is 19.4. The van der Waals surface area contributed by atoms with Crippen LogP contribution in [0.3, 0.4) is 0 Å². The molecular weight excluding hydrogens is 190 g/mol. The Morgan fingerprint density at radius 2 is 1.54 bits per heavy atom. The molecule has 0 spiro atoms. The van der Waals surface area contributed by atoms with Crippen LogP contribution in [0.4, 0.5) is 21.7 Å². The fourth-order valence-corrected chi connectivity index (χ4v) is 0.930. The minimum absolute atomic E-state index is 0.212. The molecular formula is C7H5BF5-. The van der Waals surface area contributed by atoms with Crippen LogP contribution in [0.2, 0.25) is 0 Å². The number of aryl methyl sites for hydroxylation is 1. The largest absolute Gasteiger partial charge is 0.512 e. The van der Waals surface area contributed by atoms with E-state index < -0.39 is 24.1 Å². The minimum Gasteiger partial charge on any atom is -0.445 e. The zero-order valence-electron chi connectivity index (χ0n) is 6.62. The van der Waals surface area contributed by atoms with Crippen LogP contribution in [0.5, 0.6) is 0 Å². The van der Waals surface area contributed by atoms with Gasteiger partial charge in [0.15, 0.2) is 0 Å². The van der Waals surface area contributed by atoms with Crippen LogP contribution in [0.15, 0.2) is 12.1 Å². The lowest BCUT2D eigenvalue weighted by Crippen LogP contribution is -2.37. The lowest BCUT2D eigenvalue weighted by Gasteiger charge is -2.16. The molecule has 0 aliphatic carbocycles. The summed E-state index contributed by atoms with van der Waals surface area (Å²) in [5, 5.41) is 0. The van der Waals surface area contributed by atoms with Gasteiger partial charge in [-0.05, 0) is 12.5 Å². The third-order valence-corrected chi connectivity index (χ3v) is 1.63. The molecule has 0 saturated heterocycles. The van der Waals surface area contributed by atoms with Gasteiger partial charge in [0.1, 0.15) is 5.82 Å². The summed E-state index contributed by atoms with van der Waals surface area (Å²) in [6.07, 6.45) is 0. The smallest absolute Gasteiger partial charge is 0.445 e. The molecule has 72 valence electrons. The lowest BCUT2D eigenvalue weighted by atomic mass is 9.79. The topological polar surface area (TPSA) is 0 Å². The van der Waals surface area contributed by atoms with Crippen LogP contribution in [-0.2, 0) is 0 Å². The zero-order valence-corrected chi connectivity index (χ0v) is 6.62. The van der Waals surface area contributed by atoms with Gasteiger partial charge in [0.2, 0.25) is 0 Å². The molecule has 0 atom stereocenters. The highest BCUT2D eigenvalue weighted by Crippen LogP contribution is 2.14. The fourth-order valence-electron chi connectivity index (χ4n) is 0.930. The standard InChI is InChI=1S/C7H5BF5/c1-4-2-5(8(11,12)13)7(10)3-6(4)9/h2-3H,1H3/q-1. The molecule has 1 rings (SSSR count). The van der Waals surface area contributed by atoms with Crippen molar-refractivity contribution in [1.29, 1.82) is 0 Å². The molecule has 0 nitrogen and oxygen atoms in total. The Balaban J connectivity index is 3.32. The van der Waals surface area contributed by atoms with E-state index in [9.17, 15) is 21.7 Å². The monoisotopic (exact) mass is 195 g/mol. The number of halogens is 5. The number of hydrogen-bond donors (Lipinski definition) is 0. The van der Waals surface area contributed by atoms with Gasteiger partial charge in [-0.15, -0.1) is 0 Å². The van der Waals surface area contributed by atoms with E-state index >= 15 is 0 Å². The van der Waals surface area contributed by atoms with Crippen molar-refractivity contribution in [3.8, 4) is 0 Å². The van der Waals surface area contributed by atoms with Gasteiger partial charge < -0.3 is 12.9 Å². The van der Waals surface area contributed by atoms with E-state index in [0.717, 1.165) is 6.92 Å². The summed E-state index contributed by atoms with van der Waals surface area (Å²) >= 11 is 0. The molecule has 6 heteroatoms. The van der Waals surface area contributed by atoms with E-state index in [2.05, 4.69) is 0 Å². The molecule has 0 N–H and O–H groups in total. The molecule has 0 amide bonds. The van der Waals surface area contributed by atoms with Crippen molar-refractivity contribution in [2.24, 2.45) is 0 Å². The molecule has 0 aliphatic rings. The third kappa shape index (κ3) is 1.99. The van der Waals surface area contributed by atoms with E-state index in [-0.39, 0.29) is 11.6 Å². The predicted octanol–water partition coefficient (Wildman–Crippen LogP) is 2.33. The Morgan fingerprint density at radius 3 is 2.00 bits per heavy atom. The average molecular weight is 195 g/mol. The first-order valence-electron chi connectivity index (χ1n) is 3.48. The molecule has 0 fully saturated rings. The van der Waals surface area contributed by atoms with Crippen molar-refractivity contribution in [3.63, 3.8) is 0 Å². The SMILES string of the molecule is Cc1cc([B-](F)(F)F)c(F)cc1F. The van der Waals surface area contributed by atoms with E-state index in [1.54, 1.807) is 0 Å². The molecule has 13 heavy (non-hydrogen) atoms. The van der Waals surface area contributed by atoms with E-state index in [0.29, 0.717) is 6.07 Å². The molecule has 0 saturated carbocycles. The summed E-state index contributed by atoms with van der Waals surface area (Å²) in [7, 11) is 0. The summed E-state index contributed by atoms with van der Waals surface area (Å²) in [4.78, 5) is 0. The zero-order chi connectivity index (χ0) is 10.2. The van der Waals surface area contributed by atoms with Crippen LogP contribution in [-0.4, -0.2) is 6.98 Å². The van der Waals surface area contributed by atoms with Crippen LogP contribution in [0.1, 0.15) is 5.56 Å². The van der Waals surface area contributed by atoms with Gasteiger partial charge in [-0.3, -0.25) is 0 Å². The minimum atomic E-state index is -5.40. The van der Waals surface area contributed by atoms with Crippen LogP contribution >= 0.6 is 0 Å². The Kier molecular flexibility index (Phi) is 2.32. The summed E-state index contributed by atoms with van der Waals surface area (Å²) in [6, 6.07) is 0.727. The maximum atomic E-state index is 12.6. The second kappa shape index (κ2) is 3.01. The highest BCUT2D eigenvalue weighted by Gasteiger charge is 2.29. The van der Waals surface area contributed by atoms with Crippen molar-refractivity contribution in [2.45, 2.75) is 6.92 Å². The summed E-state index contributed by atoms with van der Waals surface area (Å²) in [5.74, 6) is -2.53. The molecule has 1 aromatic carbocycles. The quantitative estimate of drug-likeness (QED) is 0.476. The Morgan fingerprint density at radius 1 is 1.00 bits per heavy atom. The first kappa shape index (κ1) is 10.0. The summed E-state index contributed by atoms with van der Waals surface area (Å²) < 4.78 is 61.3. The van der Waals surface area contributed by atoms with E-state index in [1.165, 1.54) is 0 Å². The Bertz CT molecular complexity index is 330. The predicted molar refractivity (Wildman–Crippen MR) is 39.8 cm³/mol.